The number of ketones is 1. The van der Waals surface area contributed by atoms with Crippen molar-refractivity contribution >= 4 is 17.7 Å². The highest BCUT2D eigenvalue weighted by atomic mass is 16.5. The van der Waals surface area contributed by atoms with E-state index in [1.807, 2.05) is 0 Å². The van der Waals surface area contributed by atoms with E-state index in [9.17, 15) is 14.4 Å². The molecule has 0 aromatic rings. The molecule has 0 heterocycles. The number of hydrogen-bond acceptors (Lipinski definition) is 5. The number of rotatable bonds is 4. The zero-order chi connectivity index (χ0) is 9.72. The Bertz CT molecular complexity index is 208. The highest BCUT2D eigenvalue weighted by Crippen LogP contribution is 1.91. The SMILES string of the molecule is CCOC(=O)C(O)C(=O)C(=O)O. The molecule has 0 aromatic carbocycles. The maximum Gasteiger partial charge on any atom is 0.375 e. The second-order valence-corrected chi connectivity index (χ2v) is 1.82. The quantitative estimate of drug-likeness (QED) is 0.309. The number of ether oxygens (including phenoxy) is 1. The standard InChI is InChI=1S/C6H8O6/c1-2-12-6(11)4(8)3(7)5(9)10/h4,8H,2H2,1H3,(H,9,10). The molecule has 68 valence electrons. The van der Waals surface area contributed by atoms with E-state index in [1.54, 1.807) is 0 Å². The third-order valence-electron chi connectivity index (χ3n) is 0.969. The molecule has 1 unspecified atom stereocenters. The van der Waals surface area contributed by atoms with Gasteiger partial charge in [0.2, 0.25) is 6.10 Å². The Morgan fingerprint density at radius 1 is 1.42 bits per heavy atom. The molecule has 0 aliphatic heterocycles. The lowest BCUT2D eigenvalue weighted by atomic mass is 10.2. The third kappa shape index (κ3) is 2.67. The smallest absolute Gasteiger partial charge is 0.375 e. The average Bonchev–Trinajstić information content (AvgIpc) is 2.02. The van der Waals surface area contributed by atoms with Crippen LogP contribution >= 0.6 is 0 Å². The van der Waals surface area contributed by atoms with E-state index in [2.05, 4.69) is 4.74 Å². The van der Waals surface area contributed by atoms with Crippen LogP contribution in [-0.4, -0.2) is 40.6 Å². The fraction of sp³-hybridized carbons (Fsp3) is 0.500. The minimum atomic E-state index is -2.22. The summed E-state index contributed by atoms with van der Waals surface area (Å²) in [7, 11) is 0. The van der Waals surface area contributed by atoms with Crippen LogP contribution in [-0.2, 0) is 19.1 Å². The van der Waals surface area contributed by atoms with Crippen molar-refractivity contribution in [3.63, 3.8) is 0 Å². The molecule has 6 heteroatoms. The summed E-state index contributed by atoms with van der Waals surface area (Å²) in [6.45, 7) is 1.44. The van der Waals surface area contributed by atoms with Gasteiger partial charge in [0.1, 0.15) is 0 Å². The number of aliphatic carboxylic acids is 1. The van der Waals surface area contributed by atoms with Crippen molar-refractivity contribution in [2.45, 2.75) is 13.0 Å². The number of aliphatic hydroxyl groups excluding tert-OH is 1. The lowest BCUT2D eigenvalue weighted by Crippen LogP contribution is -2.36. The van der Waals surface area contributed by atoms with E-state index >= 15 is 0 Å². The van der Waals surface area contributed by atoms with Crippen LogP contribution in [0.1, 0.15) is 6.92 Å². The van der Waals surface area contributed by atoms with Crippen LogP contribution in [0.5, 0.6) is 0 Å². The number of carbonyl (C=O) groups is 3. The third-order valence-corrected chi connectivity index (χ3v) is 0.969. The van der Waals surface area contributed by atoms with Gasteiger partial charge in [-0.25, -0.2) is 9.59 Å². The van der Waals surface area contributed by atoms with Gasteiger partial charge in [0, 0.05) is 0 Å². The number of hydrogen-bond donors (Lipinski definition) is 2. The maximum atomic E-state index is 10.5. The first-order chi connectivity index (χ1) is 5.50. The molecule has 0 bridgehead atoms. The van der Waals surface area contributed by atoms with Gasteiger partial charge in [-0.3, -0.25) is 4.79 Å². The molecule has 0 aromatic heterocycles. The van der Waals surface area contributed by atoms with Gasteiger partial charge in [-0.2, -0.15) is 0 Å². The van der Waals surface area contributed by atoms with E-state index in [0.717, 1.165) is 0 Å². The zero-order valence-corrected chi connectivity index (χ0v) is 6.31. The number of carbonyl (C=O) groups excluding carboxylic acids is 2. The van der Waals surface area contributed by atoms with E-state index < -0.39 is 23.8 Å². The van der Waals surface area contributed by atoms with E-state index in [4.69, 9.17) is 10.2 Å². The van der Waals surface area contributed by atoms with Crippen molar-refractivity contribution in [2.24, 2.45) is 0 Å². The van der Waals surface area contributed by atoms with Crippen LogP contribution in [0.15, 0.2) is 0 Å². The number of carboxylic acids is 1. The molecule has 0 aliphatic rings. The Morgan fingerprint density at radius 3 is 2.25 bits per heavy atom. The number of esters is 1. The summed E-state index contributed by atoms with van der Waals surface area (Å²) in [6.07, 6.45) is -2.22. The van der Waals surface area contributed by atoms with Crippen molar-refractivity contribution in [3.05, 3.63) is 0 Å². The van der Waals surface area contributed by atoms with Crippen LogP contribution in [0, 0.1) is 0 Å². The molecule has 0 saturated heterocycles. The highest BCUT2D eigenvalue weighted by molar-refractivity contribution is 6.38. The molecule has 0 fully saturated rings. The summed E-state index contributed by atoms with van der Waals surface area (Å²) in [5.41, 5.74) is 0. The summed E-state index contributed by atoms with van der Waals surface area (Å²) < 4.78 is 4.20. The molecule has 0 amide bonds. The first kappa shape index (κ1) is 10.6. The summed E-state index contributed by atoms with van der Waals surface area (Å²) in [5, 5.41) is 16.7. The average molecular weight is 176 g/mol. The first-order valence-electron chi connectivity index (χ1n) is 3.12. The molecular weight excluding hydrogens is 168 g/mol. The molecular formula is C6H8O6. The predicted octanol–water partition coefficient (Wildman–Crippen LogP) is -1.44. The van der Waals surface area contributed by atoms with Crippen LogP contribution < -0.4 is 0 Å². The van der Waals surface area contributed by atoms with Crippen LogP contribution in [0.3, 0.4) is 0 Å². The monoisotopic (exact) mass is 176 g/mol. The molecule has 0 radical (unpaired) electrons. The topological polar surface area (TPSA) is 101 Å². The summed E-state index contributed by atoms with van der Waals surface area (Å²) in [5.74, 6) is -4.70. The summed E-state index contributed by atoms with van der Waals surface area (Å²) >= 11 is 0. The number of aliphatic hydroxyl groups is 1. The maximum absolute atomic E-state index is 10.5. The van der Waals surface area contributed by atoms with Gasteiger partial charge >= 0.3 is 11.9 Å². The Balaban J connectivity index is 4.19. The van der Waals surface area contributed by atoms with Crippen molar-refractivity contribution in [3.8, 4) is 0 Å². The Labute approximate surface area is 67.8 Å². The Kier molecular flexibility index (Phi) is 3.92. The second kappa shape index (κ2) is 4.45. The van der Waals surface area contributed by atoms with Gasteiger partial charge < -0.3 is 14.9 Å². The molecule has 0 rings (SSSR count). The lowest BCUT2D eigenvalue weighted by molar-refractivity contribution is -0.164. The van der Waals surface area contributed by atoms with Gasteiger partial charge in [0.15, 0.2) is 0 Å². The lowest BCUT2D eigenvalue weighted by Gasteiger charge is -2.04. The fourth-order valence-electron chi connectivity index (χ4n) is 0.445. The molecule has 1 atom stereocenters. The summed E-state index contributed by atoms with van der Waals surface area (Å²) in [4.78, 5) is 30.9. The van der Waals surface area contributed by atoms with Crippen molar-refractivity contribution in [1.82, 2.24) is 0 Å². The van der Waals surface area contributed by atoms with E-state index in [-0.39, 0.29) is 6.61 Å². The first-order valence-corrected chi connectivity index (χ1v) is 3.12. The molecule has 12 heavy (non-hydrogen) atoms. The van der Waals surface area contributed by atoms with Gasteiger partial charge in [0.05, 0.1) is 6.61 Å². The predicted molar refractivity (Wildman–Crippen MR) is 35.3 cm³/mol. The van der Waals surface area contributed by atoms with Crippen LogP contribution in [0.4, 0.5) is 0 Å². The Hall–Kier alpha value is -1.43. The zero-order valence-electron chi connectivity index (χ0n) is 6.31. The van der Waals surface area contributed by atoms with Crippen molar-refractivity contribution < 1.29 is 29.3 Å². The van der Waals surface area contributed by atoms with E-state index in [1.165, 1.54) is 6.92 Å². The fourth-order valence-corrected chi connectivity index (χ4v) is 0.445. The van der Waals surface area contributed by atoms with Gasteiger partial charge in [-0.05, 0) is 6.92 Å². The number of carboxylic acid groups (broad SMARTS) is 1. The molecule has 2 N–H and O–H groups in total. The number of Topliss-reactive ketones (excluding diaryl/α,β-unsaturated/α-hetero) is 1. The van der Waals surface area contributed by atoms with Crippen molar-refractivity contribution in [2.75, 3.05) is 6.61 Å². The normalized spacial score (nSPS) is 11.8. The minimum absolute atomic E-state index is 0.0250. The van der Waals surface area contributed by atoms with Crippen molar-refractivity contribution in [1.29, 1.82) is 0 Å². The molecule has 0 spiro atoms. The minimum Gasteiger partial charge on any atom is -0.475 e. The Morgan fingerprint density at radius 2 is 1.92 bits per heavy atom. The van der Waals surface area contributed by atoms with E-state index in [0.29, 0.717) is 0 Å². The molecule has 0 aliphatic carbocycles. The van der Waals surface area contributed by atoms with Crippen LogP contribution in [0.25, 0.3) is 0 Å². The van der Waals surface area contributed by atoms with Crippen LogP contribution in [0.2, 0.25) is 0 Å². The summed E-state index contributed by atoms with van der Waals surface area (Å²) in [6, 6.07) is 0. The van der Waals surface area contributed by atoms with Gasteiger partial charge in [-0.15, -0.1) is 0 Å². The molecule has 6 nitrogen and oxygen atoms in total. The molecule has 0 saturated carbocycles. The van der Waals surface area contributed by atoms with Gasteiger partial charge in [-0.1, -0.05) is 0 Å². The van der Waals surface area contributed by atoms with Gasteiger partial charge in [0.25, 0.3) is 5.78 Å². The largest absolute Gasteiger partial charge is 0.475 e. The second-order valence-electron chi connectivity index (χ2n) is 1.82. The highest BCUT2D eigenvalue weighted by Gasteiger charge is 2.30.